The number of thioether (sulfide) groups is 1. The van der Waals surface area contributed by atoms with Gasteiger partial charge in [0.1, 0.15) is 6.07 Å². The normalized spacial score (nSPS) is 16.2. The summed E-state index contributed by atoms with van der Waals surface area (Å²) in [6, 6.07) is 9.44. The van der Waals surface area contributed by atoms with Crippen LogP contribution >= 0.6 is 34.7 Å². The molecule has 0 spiro atoms. The van der Waals surface area contributed by atoms with Crippen LogP contribution in [0.5, 0.6) is 0 Å². The van der Waals surface area contributed by atoms with Crippen molar-refractivity contribution >= 4 is 57.0 Å². The van der Waals surface area contributed by atoms with Crippen LogP contribution in [-0.4, -0.2) is 20.6 Å². The summed E-state index contributed by atoms with van der Waals surface area (Å²) < 4.78 is 2.05. The van der Waals surface area contributed by atoms with Crippen molar-refractivity contribution in [1.29, 1.82) is 5.26 Å². The highest BCUT2D eigenvalue weighted by atomic mass is 35.5. The van der Waals surface area contributed by atoms with E-state index in [-0.39, 0.29) is 5.91 Å². The number of hydrogen-bond acceptors (Lipinski definition) is 6. The smallest absolute Gasteiger partial charge is 0.264 e. The Balaban J connectivity index is 1.65. The van der Waals surface area contributed by atoms with Crippen LogP contribution in [0, 0.1) is 39.0 Å². The molecule has 1 aliphatic heterocycles. The van der Waals surface area contributed by atoms with Gasteiger partial charge < -0.3 is 9.88 Å². The van der Waals surface area contributed by atoms with E-state index in [2.05, 4.69) is 21.4 Å². The molecule has 1 N–H and O–H groups in total. The molecule has 0 bridgehead atoms. The molecule has 0 aliphatic carbocycles. The molecule has 0 saturated carbocycles. The molecule has 3 heterocycles. The first kappa shape index (κ1) is 21.4. The fourth-order valence-corrected chi connectivity index (χ4v) is 5.15. The number of aliphatic imine (C=N–C) groups is 1. The Morgan fingerprint density at radius 1 is 1.26 bits per heavy atom. The largest absolute Gasteiger partial charge is 0.318 e. The quantitative estimate of drug-likeness (QED) is 0.509. The standard InChI is InChI=1S/C22H18ClN5OS2/c1-11-7-16(13(3)28(11)17-6-5-15(10-24)18(23)9-17)8-19-20(29)26-22(31-19)27-21-25-12(2)14(4)30-21/h5-9H,1-4H3,(H,25,26,27,29)/b19-8-. The number of benzene rings is 1. The van der Waals surface area contributed by atoms with Gasteiger partial charge in [-0.2, -0.15) is 10.3 Å². The first-order valence-corrected chi connectivity index (χ1v) is 11.4. The average molecular weight is 468 g/mol. The van der Waals surface area contributed by atoms with Crippen LogP contribution in [0.1, 0.15) is 33.1 Å². The fraction of sp³-hybridized carbons (Fsp3) is 0.182. The van der Waals surface area contributed by atoms with E-state index >= 15 is 0 Å². The molecule has 3 aromatic rings. The molecule has 1 aromatic carbocycles. The summed E-state index contributed by atoms with van der Waals surface area (Å²) in [6.07, 6.45) is 1.87. The van der Waals surface area contributed by atoms with Crippen molar-refractivity contribution < 1.29 is 4.79 Å². The van der Waals surface area contributed by atoms with Gasteiger partial charge in [-0.05, 0) is 75.4 Å². The van der Waals surface area contributed by atoms with E-state index in [1.807, 2.05) is 50.5 Å². The summed E-state index contributed by atoms with van der Waals surface area (Å²) in [6.45, 7) is 7.92. The van der Waals surface area contributed by atoms with E-state index in [1.54, 1.807) is 12.1 Å². The lowest BCUT2D eigenvalue weighted by Gasteiger charge is -2.10. The molecule has 9 heteroatoms. The molecule has 4 rings (SSSR count). The first-order chi connectivity index (χ1) is 14.8. The van der Waals surface area contributed by atoms with Gasteiger partial charge in [-0.1, -0.05) is 22.9 Å². The van der Waals surface area contributed by atoms with Gasteiger partial charge in [-0.3, -0.25) is 4.79 Å². The van der Waals surface area contributed by atoms with E-state index in [9.17, 15) is 4.79 Å². The lowest BCUT2D eigenvalue weighted by molar-refractivity contribution is -0.115. The SMILES string of the molecule is Cc1nc(/N=C2\NC(=O)/C(=C/c3cc(C)n(-c4ccc(C#N)c(Cl)c4)c3C)S2)sc1C. The number of thiazole rings is 1. The highest BCUT2D eigenvalue weighted by Crippen LogP contribution is 2.32. The van der Waals surface area contributed by atoms with Crippen molar-refractivity contribution in [3.8, 4) is 11.8 Å². The molecule has 1 saturated heterocycles. The molecular formula is C22H18ClN5OS2. The van der Waals surface area contributed by atoms with Gasteiger partial charge in [0.2, 0.25) is 5.13 Å². The number of nitrogens with one attached hydrogen (secondary N) is 1. The number of amides is 1. The number of rotatable bonds is 3. The van der Waals surface area contributed by atoms with Crippen molar-refractivity contribution in [2.45, 2.75) is 27.7 Å². The van der Waals surface area contributed by atoms with Crippen molar-refractivity contribution in [3.63, 3.8) is 0 Å². The Morgan fingerprint density at radius 2 is 2.03 bits per heavy atom. The zero-order valence-corrected chi connectivity index (χ0v) is 19.7. The highest BCUT2D eigenvalue weighted by Gasteiger charge is 2.25. The first-order valence-electron chi connectivity index (χ1n) is 9.39. The van der Waals surface area contributed by atoms with Gasteiger partial charge in [-0.25, -0.2) is 4.98 Å². The third kappa shape index (κ3) is 4.17. The summed E-state index contributed by atoms with van der Waals surface area (Å²) in [5.41, 5.74) is 5.14. The highest BCUT2D eigenvalue weighted by molar-refractivity contribution is 8.18. The van der Waals surface area contributed by atoms with E-state index in [0.717, 1.165) is 33.2 Å². The third-order valence-electron chi connectivity index (χ3n) is 4.95. The number of nitrogens with zero attached hydrogens (tertiary/aromatic N) is 4. The summed E-state index contributed by atoms with van der Waals surface area (Å²) in [7, 11) is 0. The number of nitriles is 1. The predicted molar refractivity (Wildman–Crippen MR) is 127 cm³/mol. The molecule has 0 atom stereocenters. The van der Waals surface area contributed by atoms with E-state index < -0.39 is 0 Å². The number of amidine groups is 1. The molecule has 31 heavy (non-hydrogen) atoms. The molecule has 156 valence electrons. The molecule has 6 nitrogen and oxygen atoms in total. The van der Waals surface area contributed by atoms with Crippen molar-refractivity contribution in [2.24, 2.45) is 4.99 Å². The molecule has 0 unspecified atom stereocenters. The van der Waals surface area contributed by atoms with Crippen molar-refractivity contribution in [1.82, 2.24) is 14.9 Å². The minimum Gasteiger partial charge on any atom is -0.318 e. The van der Waals surface area contributed by atoms with Gasteiger partial charge in [0.15, 0.2) is 5.17 Å². The van der Waals surface area contributed by atoms with E-state index in [0.29, 0.717) is 25.8 Å². The fourth-order valence-electron chi connectivity index (χ4n) is 3.28. The maximum atomic E-state index is 12.5. The van der Waals surface area contributed by atoms with Crippen LogP contribution < -0.4 is 5.32 Å². The summed E-state index contributed by atoms with van der Waals surface area (Å²) in [5, 5.41) is 13.5. The Kier molecular flexibility index (Phi) is 5.75. The van der Waals surface area contributed by atoms with Crippen LogP contribution in [0.15, 0.2) is 34.2 Å². The van der Waals surface area contributed by atoms with Gasteiger partial charge in [0.25, 0.3) is 5.91 Å². The third-order valence-corrected chi connectivity index (χ3v) is 7.14. The summed E-state index contributed by atoms with van der Waals surface area (Å²) in [5.74, 6) is -0.181. The molecule has 1 fully saturated rings. The number of hydrogen-bond donors (Lipinski definition) is 1. The lowest BCUT2D eigenvalue weighted by atomic mass is 10.2. The van der Waals surface area contributed by atoms with Crippen molar-refractivity contribution in [3.05, 3.63) is 67.3 Å². The number of carbonyl (C=O) groups is 1. The second-order valence-electron chi connectivity index (χ2n) is 7.06. The maximum absolute atomic E-state index is 12.5. The van der Waals surface area contributed by atoms with Gasteiger partial charge in [0.05, 0.1) is 21.2 Å². The maximum Gasteiger partial charge on any atom is 0.264 e. The Bertz CT molecular complexity index is 1310. The lowest BCUT2D eigenvalue weighted by Crippen LogP contribution is -2.19. The number of aromatic nitrogens is 2. The van der Waals surface area contributed by atoms with E-state index in [4.69, 9.17) is 16.9 Å². The topological polar surface area (TPSA) is 83.1 Å². The van der Waals surface area contributed by atoms with Crippen LogP contribution in [0.2, 0.25) is 5.02 Å². The minimum absolute atomic E-state index is 0.181. The average Bonchev–Trinajstić information content (AvgIpc) is 3.31. The van der Waals surface area contributed by atoms with Crippen molar-refractivity contribution in [2.75, 3.05) is 0 Å². The number of aryl methyl sites for hydroxylation is 3. The number of carbonyl (C=O) groups excluding carboxylic acids is 1. The summed E-state index contributed by atoms with van der Waals surface area (Å²) in [4.78, 5) is 23.0. The Labute approximate surface area is 193 Å². The monoisotopic (exact) mass is 467 g/mol. The van der Waals surface area contributed by atoms with Crippen LogP contribution in [0.25, 0.3) is 11.8 Å². The molecule has 2 aromatic heterocycles. The Morgan fingerprint density at radius 3 is 2.68 bits per heavy atom. The zero-order valence-electron chi connectivity index (χ0n) is 17.3. The predicted octanol–water partition coefficient (Wildman–Crippen LogP) is 5.58. The van der Waals surface area contributed by atoms with Gasteiger partial charge in [0, 0.05) is 22.0 Å². The minimum atomic E-state index is -0.181. The number of halogens is 1. The van der Waals surface area contributed by atoms with E-state index in [1.165, 1.54) is 23.1 Å². The molecule has 0 radical (unpaired) electrons. The zero-order chi connectivity index (χ0) is 22.3. The van der Waals surface area contributed by atoms with Crippen LogP contribution in [0.3, 0.4) is 0 Å². The molecule has 1 amide bonds. The van der Waals surface area contributed by atoms with Gasteiger partial charge >= 0.3 is 0 Å². The Hall–Kier alpha value is -2.86. The molecule has 1 aliphatic rings. The van der Waals surface area contributed by atoms with Crippen LogP contribution in [0.4, 0.5) is 5.13 Å². The second-order valence-corrected chi connectivity index (χ2v) is 9.68. The summed E-state index contributed by atoms with van der Waals surface area (Å²) >= 11 is 9.02. The van der Waals surface area contributed by atoms with Crippen LogP contribution in [-0.2, 0) is 4.79 Å². The molecular weight excluding hydrogens is 450 g/mol. The second kappa shape index (κ2) is 8.35. The van der Waals surface area contributed by atoms with Gasteiger partial charge in [-0.15, -0.1) is 0 Å².